The number of carbonyl (C=O) groups is 2. The number of rotatable bonds is 5. The fourth-order valence-corrected chi connectivity index (χ4v) is 2.10. The summed E-state index contributed by atoms with van der Waals surface area (Å²) in [5.74, 6) is -1.77. The van der Waals surface area contributed by atoms with Gasteiger partial charge >= 0.3 is 5.97 Å². The molecule has 0 unspecified atom stereocenters. The average molecular weight is 300 g/mol. The maximum absolute atomic E-state index is 13.9. The van der Waals surface area contributed by atoms with Crippen LogP contribution in [0.15, 0.2) is 18.2 Å². The van der Waals surface area contributed by atoms with Gasteiger partial charge in [-0.2, -0.15) is 0 Å². The molecule has 0 spiro atoms. The van der Waals surface area contributed by atoms with E-state index >= 15 is 0 Å². The largest absolute Gasteiger partial charge is 0.465 e. The fourth-order valence-electron chi connectivity index (χ4n) is 1.92. The molecule has 1 fully saturated rings. The van der Waals surface area contributed by atoms with Crippen LogP contribution >= 0.6 is 11.6 Å². The SMILES string of the molecule is CCOC(=O)CN(C(=O)c1cccc(Cl)c1F)C1CC1. The van der Waals surface area contributed by atoms with Crippen LogP contribution in [-0.4, -0.2) is 36.0 Å². The maximum atomic E-state index is 13.9. The van der Waals surface area contributed by atoms with Crippen LogP contribution in [0.1, 0.15) is 30.1 Å². The summed E-state index contributed by atoms with van der Waals surface area (Å²) in [7, 11) is 0. The first-order valence-corrected chi connectivity index (χ1v) is 6.83. The molecule has 0 saturated heterocycles. The summed E-state index contributed by atoms with van der Waals surface area (Å²) in [6.07, 6.45) is 1.63. The van der Waals surface area contributed by atoms with Crippen LogP contribution in [-0.2, 0) is 9.53 Å². The minimum Gasteiger partial charge on any atom is -0.465 e. The summed E-state index contributed by atoms with van der Waals surface area (Å²) in [4.78, 5) is 25.2. The van der Waals surface area contributed by atoms with E-state index in [9.17, 15) is 14.0 Å². The molecule has 1 aromatic carbocycles. The minimum atomic E-state index is -0.756. The predicted molar refractivity (Wildman–Crippen MR) is 72.1 cm³/mol. The number of benzene rings is 1. The molecule has 108 valence electrons. The normalized spacial score (nSPS) is 13.9. The molecule has 1 aliphatic rings. The van der Waals surface area contributed by atoms with Crippen LogP contribution < -0.4 is 0 Å². The highest BCUT2D eigenvalue weighted by molar-refractivity contribution is 6.31. The van der Waals surface area contributed by atoms with Crippen molar-refractivity contribution in [1.29, 1.82) is 0 Å². The molecule has 0 radical (unpaired) electrons. The van der Waals surface area contributed by atoms with Crippen LogP contribution in [0.3, 0.4) is 0 Å². The number of hydrogen-bond donors (Lipinski definition) is 0. The molecule has 0 heterocycles. The monoisotopic (exact) mass is 299 g/mol. The van der Waals surface area contributed by atoms with Crippen molar-refractivity contribution < 1.29 is 18.7 Å². The van der Waals surface area contributed by atoms with Crippen molar-refractivity contribution in [2.75, 3.05) is 13.2 Å². The van der Waals surface area contributed by atoms with E-state index < -0.39 is 17.7 Å². The van der Waals surface area contributed by atoms with E-state index in [1.165, 1.54) is 23.1 Å². The van der Waals surface area contributed by atoms with Crippen LogP contribution in [0.25, 0.3) is 0 Å². The molecule has 0 atom stereocenters. The molecule has 4 nitrogen and oxygen atoms in total. The molecule has 1 saturated carbocycles. The van der Waals surface area contributed by atoms with Gasteiger partial charge in [0.1, 0.15) is 6.54 Å². The van der Waals surface area contributed by atoms with Crippen LogP contribution in [0.2, 0.25) is 5.02 Å². The fraction of sp³-hybridized carbons (Fsp3) is 0.429. The van der Waals surface area contributed by atoms with Gasteiger partial charge in [-0.05, 0) is 31.9 Å². The molecular weight excluding hydrogens is 285 g/mol. The average Bonchev–Trinajstić information content (AvgIpc) is 3.23. The lowest BCUT2D eigenvalue weighted by Gasteiger charge is -2.21. The highest BCUT2D eigenvalue weighted by Crippen LogP contribution is 2.29. The summed E-state index contributed by atoms with van der Waals surface area (Å²) in [6, 6.07) is 4.23. The first-order chi connectivity index (χ1) is 9.54. The van der Waals surface area contributed by atoms with Gasteiger partial charge in [-0.1, -0.05) is 17.7 Å². The lowest BCUT2D eigenvalue weighted by atomic mass is 10.2. The quantitative estimate of drug-likeness (QED) is 0.785. The van der Waals surface area contributed by atoms with Crippen molar-refractivity contribution in [2.45, 2.75) is 25.8 Å². The summed E-state index contributed by atoms with van der Waals surface area (Å²) in [5.41, 5.74) is -0.117. The Balaban J connectivity index is 2.19. The minimum absolute atomic E-state index is 0.0229. The molecule has 2 rings (SSSR count). The lowest BCUT2D eigenvalue weighted by Crippen LogP contribution is -2.38. The first kappa shape index (κ1) is 14.8. The van der Waals surface area contributed by atoms with Crippen LogP contribution in [0, 0.1) is 5.82 Å². The summed E-state index contributed by atoms with van der Waals surface area (Å²) in [5, 5.41) is -0.109. The third kappa shape index (κ3) is 3.28. The maximum Gasteiger partial charge on any atom is 0.325 e. The van der Waals surface area contributed by atoms with Gasteiger partial charge in [0.15, 0.2) is 5.82 Å². The zero-order valence-electron chi connectivity index (χ0n) is 11.1. The third-order valence-electron chi connectivity index (χ3n) is 3.04. The van der Waals surface area contributed by atoms with E-state index in [2.05, 4.69) is 0 Å². The lowest BCUT2D eigenvalue weighted by molar-refractivity contribution is -0.144. The molecule has 0 N–H and O–H groups in total. The Labute approximate surface area is 121 Å². The van der Waals surface area contributed by atoms with Gasteiger partial charge in [-0.3, -0.25) is 9.59 Å². The number of ether oxygens (including phenoxy) is 1. The molecular formula is C14H15ClFNO3. The van der Waals surface area contributed by atoms with Gasteiger partial charge in [0.2, 0.25) is 0 Å². The van der Waals surface area contributed by atoms with Crippen LogP contribution in [0.4, 0.5) is 4.39 Å². The predicted octanol–water partition coefficient (Wildman–Crippen LogP) is 2.65. The molecule has 1 aromatic rings. The van der Waals surface area contributed by atoms with E-state index in [4.69, 9.17) is 16.3 Å². The Kier molecular flexibility index (Phi) is 4.60. The second-order valence-electron chi connectivity index (χ2n) is 4.57. The van der Waals surface area contributed by atoms with E-state index in [-0.39, 0.29) is 29.8 Å². The van der Waals surface area contributed by atoms with Gasteiger partial charge < -0.3 is 9.64 Å². The molecule has 0 aliphatic heterocycles. The second kappa shape index (κ2) is 6.22. The topological polar surface area (TPSA) is 46.6 Å². The highest BCUT2D eigenvalue weighted by atomic mass is 35.5. The number of esters is 1. The van der Waals surface area contributed by atoms with Gasteiger partial charge in [0.05, 0.1) is 17.2 Å². The Hall–Kier alpha value is -1.62. The van der Waals surface area contributed by atoms with E-state index in [1.54, 1.807) is 6.92 Å². The van der Waals surface area contributed by atoms with Crippen molar-refractivity contribution >= 4 is 23.5 Å². The Morgan fingerprint density at radius 3 is 2.75 bits per heavy atom. The number of carbonyl (C=O) groups excluding carboxylic acids is 2. The van der Waals surface area contributed by atoms with Crippen molar-refractivity contribution in [3.05, 3.63) is 34.6 Å². The Bertz CT molecular complexity index is 531. The summed E-state index contributed by atoms with van der Waals surface area (Å²) in [6.45, 7) is 1.78. The Morgan fingerprint density at radius 1 is 1.45 bits per heavy atom. The van der Waals surface area contributed by atoms with E-state index in [0.29, 0.717) is 0 Å². The van der Waals surface area contributed by atoms with E-state index in [1.807, 2.05) is 0 Å². The van der Waals surface area contributed by atoms with Gasteiger partial charge in [0, 0.05) is 6.04 Å². The molecule has 6 heteroatoms. The number of halogens is 2. The highest BCUT2D eigenvalue weighted by Gasteiger charge is 2.35. The zero-order valence-corrected chi connectivity index (χ0v) is 11.8. The Morgan fingerprint density at radius 2 is 2.15 bits per heavy atom. The molecule has 0 aromatic heterocycles. The van der Waals surface area contributed by atoms with Gasteiger partial charge in [-0.25, -0.2) is 4.39 Å². The molecule has 1 aliphatic carbocycles. The first-order valence-electron chi connectivity index (χ1n) is 6.45. The smallest absolute Gasteiger partial charge is 0.325 e. The van der Waals surface area contributed by atoms with Crippen molar-refractivity contribution in [3.63, 3.8) is 0 Å². The standard InChI is InChI=1S/C14H15ClFNO3/c1-2-20-12(18)8-17(9-6-7-9)14(19)10-4-3-5-11(15)13(10)16/h3-5,9H,2,6-8H2,1H3. The second-order valence-corrected chi connectivity index (χ2v) is 4.98. The molecule has 1 amide bonds. The number of nitrogens with zero attached hydrogens (tertiary/aromatic N) is 1. The molecule has 0 bridgehead atoms. The number of hydrogen-bond acceptors (Lipinski definition) is 3. The van der Waals surface area contributed by atoms with Gasteiger partial charge in [0.25, 0.3) is 5.91 Å². The third-order valence-corrected chi connectivity index (χ3v) is 3.33. The summed E-state index contributed by atoms with van der Waals surface area (Å²) >= 11 is 5.68. The van der Waals surface area contributed by atoms with Crippen molar-refractivity contribution in [1.82, 2.24) is 4.90 Å². The molecule has 20 heavy (non-hydrogen) atoms. The van der Waals surface area contributed by atoms with Crippen molar-refractivity contribution in [3.8, 4) is 0 Å². The number of amides is 1. The van der Waals surface area contributed by atoms with Gasteiger partial charge in [-0.15, -0.1) is 0 Å². The van der Waals surface area contributed by atoms with Crippen molar-refractivity contribution in [2.24, 2.45) is 0 Å². The van der Waals surface area contributed by atoms with E-state index in [0.717, 1.165) is 12.8 Å². The summed E-state index contributed by atoms with van der Waals surface area (Å²) < 4.78 is 18.7. The zero-order chi connectivity index (χ0) is 14.7. The van der Waals surface area contributed by atoms with Crippen LogP contribution in [0.5, 0.6) is 0 Å².